The number of hydrogen-bond acceptors (Lipinski definition) is 3. The van der Waals surface area contributed by atoms with Crippen LogP contribution in [0.2, 0.25) is 0 Å². The Bertz CT molecular complexity index is 274. The standard InChI is InChI=1S/C15H27NO2/c1-13-6-9-16(10-14(13)18-2)11-15(12-17)7-4-3-5-8-15/h12-14H,3-11H2,1-2H3. The van der Waals surface area contributed by atoms with Crippen LogP contribution in [0.15, 0.2) is 0 Å². The van der Waals surface area contributed by atoms with Gasteiger partial charge in [0.1, 0.15) is 6.29 Å². The van der Waals surface area contributed by atoms with E-state index in [0.717, 1.165) is 32.5 Å². The monoisotopic (exact) mass is 253 g/mol. The quantitative estimate of drug-likeness (QED) is 0.721. The summed E-state index contributed by atoms with van der Waals surface area (Å²) in [7, 11) is 1.81. The molecule has 2 atom stereocenters. The summed E-state index contributed by atoms with van der Waals surface area (Å²) in [6.45, 7) is 5.33. The molecule has 0 N–H and O–H groups in total. The largest absolute Gasteiger partial charge is 0.380 e. The highest BCUT2D eigenvalue weighted by Crippen LogP contribution is 2.36. The van der Waals surface area contributed by atoms with Crippen molar-refractivity contribution in [1.82, 2.24) is 4.90 Å². The van der Waals surface area contributed by atoms with Crippen LogP contribution in [0.3, 0.4) is 0 Å². The molecule has 2 rings (SSSR count). The maximum absolute atomic E-state index is 11.5. The second-order valence-corrected chi connectivity index (χ2v) is 6.32. The smallest absolute Gasteiger partial charge is 0.127 e. The molecule has 18 heavy (non-hydrogen) atoms. The first-order valence-corrected chi connectivity index (χ1v) is 7.40. The van der Waals surface area contributed by atoms with Gasteiger partial charge in [-0.05, 0) is 31.7 Å². The van der Waals surface area contributed by atoms with Gasteiger partial charge in [-0.3, -0.25) is 4.90 Å². The summed E-state index contributed by atoms with van der Waals surface area (Å²) in [4.78, 5) is 14.0. The SMILES string of the molecule is COC1CN(CC2(C=O)CCCCC2)CCC1C. The zero-order valence-electron chi connectivity index (χ0n) is 11.9. The highest BCUT2D eigenvalue weighted by atomic mass is 16.5. The molecule has 1 aliphatic heterocycles. The average molecular weight is 253 g/mol. The Hall–Kier alpha value is -0.410. The van der Waals surface area contributed by atoms with E-state index in [9.17, 15) is 4.79 Å². The predicted octanol–water partition coefficient (Wildman–Crippen LogP) is 2.49. The molecule has 3 nitrogen and oxygen atoms in total. The zero-order valence-corrected chi connectivity index (χ0v) is 11.9. The number of methoxy groups -OCH3 is 1. The molecule has 1 saturated heterocycles. The predicted molar refractivity (Wildman–Crippen MR) is 72.6 cm³/mol. The number of hydrogen-bond donors (Lipinski definition) is 0. The molecule has 2 fully saturated rings. The van der Waals surface area contributed by atoms with Crippen molar-refractivity contribution < 1.29 is 9.53 Å². The maximum Gasteiger partial charge on any atom is 0.127 e. The van der Waals surface area contributed by atoms with Gasteiger partial charge < -0.3 is 9.53 Å². The van der Waals surface area contributed by atoms with Gasteiger partial charge in [-0.15, -0.1) is 0 Å². The molecule has 1 aliphatic carbocycles. The van der Waals surface area contributed by atoms with Gasteiger partial charge in [0.15, 0.2) is 0 Å². The Balaban J connectivity index is 1.93. The number of carbonyl (C=O) groups excluding carboxylic acids is 1. The number of rotatable bonds is 4. The van der Waals surface area contributed by atoms with Crippen molar-refractivity contribution in [2.45, 2.75) is 51.6 Å². The normalized spacial score (nSPS) is 33.2. The third-order valence-corrected chi connectivity index (χ3v) is 4.91. The fraction of sp³-hybridized carbons (Fsp3) is 0.933. The Kier molecular flexibility index (Phi) is 4.79. The second-order valence-electron chi connectivity index (χ2n) is 6.32. The molecule has 0 aromatic rings. The molecule has 0 amide bonds. The molecule has 2 aliphatic rings. The van der Waals surface area contributed by atoms with Gasteiger partial charge in [-0.25, -0.2) is 0 Å². The Labute approximate surface area is 111 Å². The minimum atomic E-state index is -0.0584. The minimum Gasteiger partial charge on any atom is -0.380 e. The van der Waals surface area contributed by atoms with Crippen LogP contribution in [0.4, 0.5) is 0 Å². The first-order valence-electron chi connectivity index (χ1n) is 7.40. The number of piperidine rings is 1. The van der Waals surface area contributed by atoms with Gasteiger partial charge in [-0.1, -0.05) is 26.2 Å². The van der Waals surface area contributed by atoms with Gasteiger partial charge in [0.05, 0.1) is 6.10 Å². The van der Waals surface area contributed by atoms with E-state index in [2.05, 4.69) is 11.8 Å². The van der Waals surface area contributed by atoms with Gasteiger partial charge in [0.25, 0.3) is 0 Å². The number of carbonyl (C=O) groups is 1. The van der Waals surface area contributed by atoms with Crippen LogP contribution in [-0.4, -0.2) is 44.0 Å². The van der Waals surface area contributed by atoms with Crippen LogP contribution in [0.1, 0.15) is 45.4 Å². The molecule has 0 aromatic carbocycles. The van der Waals surface area contributed by atoms with Crippen molar-refractivity contribution in [3.63, 3.8) is 0 Å². The fourth-order valence-electron chi connectivity index (χ4n) is 3.56. The minimum absolute atomic E-state index is 0.0584. The fourth-order valence-corrected chi connectivity index (χ4v) is 3.56. The van der Waals surface area contributed by atoms with Gasteiger partial charge >= 0.3 is 0 Å². The van der Waals surface area contributed by atoms with E-state index >= 15 is 0 Å². The molecular formula is C15H27NO2. The molecule has 0 radical (unpaired) electrons. The number of aldehydes is 1. The van der Waals surface area contributed by atoms with Crippen molar-refractivity contribution in [2.24, 2.45) is 11.3 Å². The van der Waals surface area contributed by atoms with E-state index in [1.807, 2.05) is 0 Å². The summed E-state index contributed by atoms with van der Waals surface area (Å²) in [5, 5.41) is 0. The summed E-state index contributed by atoms with van der Waals surface area (Å²) >= 11 is 0. The Morgan fingerprint density at radius 2 is 2.06 bits per heavy atom. The molecule has 0 aromatic heterocycles. The third-order valence-electron chi connectivity index (χ3n) is 4.91. The summed E-state index contributed by atoms with van der Waals surface area (Å²) < 4.78 is 5.56. The van der Waals surface area contributed by atoms with E-state index < -0.39 is 0 Å². The lowest BCUT2D eigenvalue weighted by Gasteiger charge is -2.42. The molecule has 3 heteroatoms. The van der Waals surface area contributed by atoms with Crippen molar-refractivity contribution in [2.75, 3.05) is 26.7 Å². The highest BCUT2D eigenvalue weighted by molar-refractivity contribution is 5.60. The summed E-state index contributed by atoms with van der Waals surface area (Å²) in [5.41, 5.74) is -0.0584. The first kappa shape index (κ1) is 14.0. The first-order chi connectivity index (χ1) is 8.69. The molecular weight excluding hydrogens is 226 g/mol. The van der Waals surface area contributed by atoms with Crippen LogP contribution < -0.4 is 0 Å². The lowest BCUT2D eigenvalue weighted by Crippen LogP contribution is -2.49. The average Bonchev–Trinajstić information content (AvgIpc) is 2.42. The number of nitrogens with zero attached hydrogens (tertiary/aromatic N) is 1. The van der Waals surface area contributed by atoms with E-state index in [-0.39, 0.29) is 5.41 Å². The lowest BCUT2D eigenvalue weighted by atomic mass is 9.74. The Morgan fingerprint density at radius 3 is 2.67 bits per heavy atom. The molecule has 2 unspecified atom stereocenters. The van der Waals surface area contributed by atoms with Crippen LogP contribution in [-0.2, 0) is 9.53 Å². The van der Waals surface area contributed by atoms with Crippen LogP contribution in [0.5, 0.6) is 0 Å². The second kappa shape index (κ2) is 6.16. The van der Waals surface area contributed by atoms with E-state index in [1.54, 1.807) is 7.11 Å². The summed E-state index contributed by atoms with van der Waals surface area (Å²) in [6.07, 6.45) is 8.67. The van der Waals surface area contributed by atoms with Gasteiger partial charge in [0.2, 0.25) is 0 Å². The summed E-state index contributed by atoms with van der Waals surface area (Å²) in [5.74, 6) is 0.643. The molecule has 0 spiro atoms. The molecule has 0 bridgehead atoms. The van der Waals surface area contributed by atoms with Crippen molar-refractivity contribution >= 4 is 6.29 Å². The van der Waals surface area contributed by atoms with Crippen LogP contribution in [0, 0.1) is 11.3 Å². The van der Waals surface area contributed by atoms with Crippen molar-refractivity contribution in [3.8, 4) is 0 Å². The zero-order chi connectivity index (χ0) is 13.0. The maximum atomic E-state index is 11.5. The van der Waals surface area contributed by atoms with Crippen LogP contribution >= 0.6 is 0 Å². The highest BCUT2D eigenvalue weighted by Gasteiger charge is 2.36. The lowest BCUT2D eigenvalue weighted by molar-refractivity contribution is -0.120. The number of likely N-dealkylation sites (tertiary alicyclic amines) is 1. The van der Waals surface area contributed by atoms with E-state index in [0.29, 0.717) is 12.0 Å². The summed E-state index contributed by atoms with van der Waals surface area (Å²) in [6, 6.07) is 0. The van der Waals surface area contributed by atoms with Crippen molar-refractivity contribution in [3.05, 3.63) is 0 Å². The number of ether oxygens (including phenoxy) is 1. The van der Waals surface area contributed by atoms with E-state index in [1.165, 1.54) is 32.0 Å². The molecule has 1 heterocycles. The molecule has 1 saturated carbocycles. The van der Waals surface area contributed by atoms with E-state index in [4.69, 9.17) is 4.74 Å². The topological polar surface area (TPSA) is 29.5 Å². The van der Waals surface area contributed by atoms with Gasteiger partial charge in [-0.2, -0.15) is 0 Å². The molecule has 104 valence electrons. The third kappa shape index (κ3) is 3.12. The van der Waals surface area contributed by atoms with Crippen LogP contribution in [0.25, 0.3) is 0 Å². The Morgan fingerprint density at radius 1 is 1.33 bits per heavy atom. The van der Waals surface area contributed by atoms with Gasteiger partial charge in [0, 0.05) is 25.6 Å². The van der Waals surface area contributed by atoms with Crippen molar-refractivity contribution in [1.29, 1.82) is 0 Å².